The van der Waals surface area contributed by atoms with Crippen molar-refractivity contribution in [2.75, 3.05) is 6.54 Å². The summed E-state index contributed by atoms with van der Waals surface area (Å²) >= 11 is 11.8. The Balaban J connectivity index is 1.78. The third-order valence-electron chi connectivity index (χ3n) is 3.75. The third kappa shape index (κ3) is 5.34. The van der Waals surface area contributed by atoms with Gasteiger partial charge in [-0.15, -0.1) is 0 Å². The predicted octanol–water partition coefficient (Wildman–Crippen LogP) is 3.67. The van der Waals surface area contributed by atoms with Crippen LogP contribution in [0.3, 0.4) is 0 Å². The van der Waals surface area contributed by atoms with Gasteiger partial charge in [-0.25, -0.2) is 0 Å². The van der Waals surface area contributed by atoms with Gasteiger partial charge in [-0.1, -0.05) is 29.3 Å². The number of aliphatic hydroxyl groups is 1. The molecule has 0 aliphatic heterocycles. The fourth-order valence-corrected chi connectivity index (χ4v) is 2.75. The summed E-state index contributed by atoms with van der Waals surface area (Å²) in [7, 11) is 0. The van der Waals surface area contributed by atoms with Crippen molar-refractivity contribution < 1.29 is 9.90 Å². The van der Waals surface area contributed by atoms with Gasteiger partial charge in [-0.2, -0.15) is 0 Å². The summed E-state index contributed by atoms with van der Waals surface area (Å²) in [6, 6.07) is 5.23. The molecule has 1 aromatic rings. The number of halogens is 2. The van der Waals surface area contributed by atoms with E-state index in [9.17, 15) is 9.90 Å². The Morgan fingerprint density at radius 2 is 1.95 bits per heavy atom. The SMILES string of the molecule is O=C(/C=C/c1ccc(Cl)c(Cl)c1)NCC1CCC(O)CC1. The molecule has 2 rings (SSSR count). The van der Waals surface area contributed by atoms with Crippen LogP contribution in [-0.4, -0.2) is 23.7 Å². The van der Waals surface area contributed by atoms with Crippen molar-refractivity contribution in [1.82, 2.24) is 5.32 Å². The Morgan fingerprint density at radius 3 is 2.62 bits per heavy atom. The molecule has 0 radical (unpaired) electrons. The molecule has 1 fully saturated rings. The quantitative estimate of drug-likeness (QED) is 0.829. The van der Waals surface area contributed by atoms with Gasteiger partial charge in [0.2, 0.25) is 5.91 Å². The van der Waals surface area contributed by atoms with E-state index in [1.165, 1.54) is 6.08 Å². The summed E-state index contributed by atoms with van der Waals surface area (Å²) in [4.78, 5) is 11.8. The Labute approximate surface area is 134 Å². The van der Waals surface area contributed by atoms with E-state index in [1.807, 2.05) is 0 Å². The summed E-state index contributed by atoms with van der Waals surface area (Å²) in [5.41, 5.74) is 0.834. The van der Waals surface area contributed by atoms with Gasteiger partial charge in [0.1, 0.15) is 0 Å². The van der Waals surface area contributed by atoms with Crippen molar-refractivity contribution >= 4 is 35.2 Å². The van der Waals surface area contributed by atoms with Crippen LogP contribution in [0.2, 0.25) is 10.0 Å². The average Bonchev–Trinajstić information content (AvgIpc) is 2.48. The molecule has 0 unspecified atom stereocenters. The molecule has 5 heteroatoms. The van der Waals surface area contributed by atoms with Crippen molar-refractivity contribution in [2.24, 2.45) is 5.92 Å². The lowest BCUT2D eigenvalue weighted by Crippen LogP contribution is -2.31. The second-order valence-electron chi connectivity index (χ2n) is 5.43. The molecule has 0 aromatic heterocycles. The molecular formula is C16H19Cl2NO2. The molecular weight excluding hydrogens is 309 g/mol. The van der Waals surface area contributed by atoms with Crippen LogP contribution in [0.25, 0.3) is 6.08 Å². The maximum Gasteiger partial charge on any atom is 0.244 e. The molecule has 0 atom stereocenters. The maximum atomic E-state index is 11.8. The number of carbonyl (C=O) groups excluding carboxylic acids is 1. The number of rotatable bonds is 4. The predicted molar refractivity (Wildman–Crippen MR) is 86.5 cm³/mol. The van der Waals surface area contributed by atoms with E-state index in [2.05, 4.69) is 5.32 Å². The smallest absolute Gasteiger partial charge is 0.244 e. The second kappa shape index (κ2) is 7.83. The molecule has 0 bridgehead atoms. The first-order valence-electron chi connectivity index (χ1n) is 7.13. The summed E-state index contributed by atoms with van der Waals surface area (Å²) < 4.78 is 0. The van der Waals surface area contributed by atoms with Crippen LogP contribution >= 0.6 is 23.2 Å². The normalized spacial score (nSPS) is 22.4. The number of nitrogens with one attached hydrogen (secondary N) is 1. The number of benzene rings is 1. The van der Waals surface area contributed by atoms with Gasteiger partial charge in [0, 0.05) is 12.6 Å². The highest BCUT2D eigenvalue weighted by atomic mass is 35.5. The van der Waals surface area contributed by atoms with Gasteiger partial charge >= 0.3 is 0 Å². The molecule has 114 valence electrons. The molecule has 0 heterocycles. The molecule has 21 heavy (non-hydrogen) atoms. The first kappa shape index (κ1) is 16.3. The summed E-state index contributed by atoms with van der Waals surface area (Å²) in [5.74, 6) is 0.350. The highest BCUT2D eigenvalue weighted by Crippen LogP contribution is 2.24. The second-order valence-corrected chi connectivity index (χ2v) is 6.24. The zero-order chi connectivity index (χ0) is 15.2. The highest BCUT2D eigenvalue weighted by Gasteiger charge is 2.19. The van der Waals surface area contributed by atoms with Gasteiger partial charge in [0.05, 0.1) is 16.1 Å². The largest absolute Gasteiger partial charge is 0.393 e. The summed E-state index contributed by atoms with van der Waals surface area (Å²) in [6.45, 7) is 0.664. The van der Waals surface area contributed by atoms with Crippen LogP contribution in [0.4, 0.5) is 0 Å². The molecule has 1 aromatic carbocycles. The molecule has 3 nitrogen and oxygen atoms in total. The van der Waals surface area contributed by atoms with Gasteiger partial charge < -0.3 is 10.4 Å². The first-order chi connectivity index (χ1) is 10.0. The monoisotopic (exact) mass is 327 g/mol. The van der Waals surface area contributed by atoms with Crippen molar-refractivity contribution in [3.05, 3.63) is 39.9 Å². The Hall–Kier alpha value is -1.03. The van der Waals surface area contributed by atoms with Gasteiger partial charge in [-0.05, 0) is 55.4 Å². The van der Waals surface area contributed by atoms with Crippen LogP contribution in [0, 0.1) is 5.92 Å². The zero-order valence-corrected chi connectivity index (χ0v) is 13.2. The Morgan fingerprint density at radius 1 is 1.24 bits per heavy atom. The number of hydrogen-bond donors (Lipinski definition) is 2. The van der Waals surface area contributed by atoms with E-state index in [4.69, 9.17) is 23.2 Å². The standard InChI is InChI=1S/C16H19Cl2NO2/c17-14-7-3-11(9-15(14)18)4-8-16(21)19-10-12-1-5-13(20)6-2-12/h3-4,7-9,12-13,20H,1-2,5-6,10H2,(H,19,21)/b8-4+. The zero-order valence-electron chi connectivity index (χ0n) is 11.7. The maximum absolute atomic E-state index is 11.8. The minimum absolute atomic E-state index is 0.118. The molecule has 0 saturated heterocycles. The van der Waals surface area contributed by atoms with Crippen LogP contribution in [0.1, 0.15) is 31.2 Å². The van der Waals surface area contributed by atoms with Crippen molar-refractivity contribution in [3.63, 3.8) is 0 Å². The minimum Gasteiger partial charge on any atom is -0.393 e. The molecule has 1 aliphatic carbocycles. The Kier molecular flexibility index (Phi) is 6.09. The summed E-state index contributed by atoms with van der Waals surface area (Å²) in [5, 5.41) is 13.3. The van der Waals surface area contributed by atoms with E-state index < -0.39 is 0 Å². The fourth-order valence-electron chi connectivity index (χ4n) is 2.44. The molecule has 0 spiro atoms. The first-order valence-corrected chi connectivity index (χ1v) is 7.89. The van der Waals surface area contributed by atoms with E-state index in [-0.39, 0.29) is 12.0 Å². The van der Waals surface area contributed by atoms with Crippen LogP contribution in [0.5, 0.6) is 0 Å². The van der Waals surface area contributed by atoms with Gasteiger partial charge in [0.25, 0.3) is 0 Å². The van der Waals surface area contributed by atoms with Crippen LogP contribution in [-0.2, 0) is 4.79 Å². The van der Waals surface area contributed by atoms with Crippen molar-refractivity contribution in [2.45, 2.75) is 31.8 Å². The number of hydrogen-bond acceptors (Lipinski definition) is 2. The van der Waals surface area contributed by atoms with E-state index >= 15 is 0 Å². The van der Waals surface area contributed by atoms with Crippen LogP contribution < -0.4 is 5.32 Å². The number of carbonyl (C=O) groups is 1. The third-order valence-corrected chi connectivity index (χ3v) is 4.49. The molecule has 1 aliphatic rings. The van der Waals surface area contributed by atoms with Gasteiger partial charge in [0.15, 0.2) is 0 Å². The minimum atomic E-state index is -0.161. The fraction of sp³-hybridized carbons (Fsp3) is 0.438. The van der Waals surface area contributed by atoms with Crippen molar-refractivity contribution in [3.8, 4) is 0 Å². The average molecular weight is 328 g/mol. The molecule has 2 N–H and O–H groups in total. The molecule has 1 amide bonds. The lowest BCUT2D eigenvalue weighted by Gasteiger charge is -2.25. The van der Waals surface area contributed by atoms with Crippen molar-refractivity contribution in [1.29, 1.82) is 0 Å². The topological polar surface area (TPSA) is 49.3 Å². The number of amides is 1. The van der Waals surface area contributed by atoms with Gasteiger partial charge in [-0.3, -0.25) is 4.79 Å². The lowest BCUT2D eigenvalue weighted by molar-refractivity contribution is -0.116. The Bertz CT molecular complexity index is 523. The van der Waals surface area contributed by atoms with E-state index in [0.29, 0.717) is 22.5 Å². The van der Waals surface area contributed by atoms with E-state index in [1.54, 1.807) is 24.3 Å². The summed E-state index contributed by atoms with van der Waals surface area (Å²) in [6.07, 6.45) is 6.65. The van der Waals surface area contributed by atoms with E-state index in [0.717, 1.165) is 31.2 Å². The lowest BCUT2D eigenvalue weighted by atomic mass is 9.87. The van der Waals surface area contributed by atoms with Crippen LogP contribution in [0.15, 0.2) is 24.3 Å². The number of aliphatic hydroxyl groups excluding tert-OH is 1. The highest BCUT2D eigenvalue weighted by molar-refractivity contribution is 6.42. The molecule has 1 saturated carbocycles.